The Kier molecular flexibility index (Phi) is 5.40. The van der Waals surface area contributed by atoms with Crippen molar-refractivity contribution in [2.45, 2.75) is 12.8 Å². The molecule has 23 heavy (non-hydrogen) atoms. The van der Waals surface area contributed by atoms with Gasteiger partial charge in [0.15, 0.2) is 0 Å². The van der Waals surface area contributed by atoms with Crippen molar-refractivity contribution in [1.82, 2.24) is 10.3 Å². The molecule has 1 aromatic heterocycles. The molecule has 2 aromatic rings. The Hall–Kier alpha value is -2.77. The number of benzene rings is 1. The van der Waals surface area contributed by atoms with Gasteiger partial charge in [-0.3, -0.25) is 4.98 Å². The second kappa shape index (κ2) is 7.48. The predicted octanol–water partition coefficient (Wildman–Crippen LogP) is 3.34. The first-order valence-electron chi connectivity index (χ1n) is 6.72. The van der Waals surface area contributed by atoms with Gasteiger partial charge in [-0.05, 0) is 30.2 Å². The largest absolute Gasteiger partial charge is 0.573 e. The van der Waals surface area contributed by atoms with Gasteiger partial charge in [0, 0.05) is 30.7 Å². The van der Waals surface area contributed by atoms with E-state index in [0.717, 1.165) is 17.7 Å². The average Bonchev–Trinajstić information content (AvgIpc) is 2.47. The summed E-state index contributed by atoms with van der Waals surface area (Å²) < 4.78 is 40.2. The van der Waals surface area contributed by atoms with Gasteiger partial charge in [-0.15, -0.1) is 13.2 Å². The molecule has 5 nitrogen and oxygen atoms in total. The van der Waals surface area contributed by atoms with Crippen molar-refractivity contribution in [3.05, 3.63) is 54.4 Å². The van der Waals surface area contributed by atoms with Gasteiger partial charge in [0.25, 0.3) is 0 Å². The molecule has 2 rings (SSSR count). The number of ether oxygens (including phenoxy) is 1. The van der Waals surface area contributed by atoms with Crippen LogP contribution in [0.2, 0.25) is 0 Å². The zero-order chi connectivity index (χ0) is 16.7. The first kappa shape index (κ1) is 16.6. The molecule has 1 heterocycles. The number of halogens is 3. The van der Waals surface area contributed by atoms with E-state index in [-0.39, 0.29) is 5.69 Å². The fourth-order valence-corrected chi connectivity index (χ4v) is 1.81. The highest BCUT2D eigenvalue weighted by atomic mass is 19.4. The molecular formula is C15H14F3N3O2. The monoisotopic (exact) mass is 325 g/mol. The lowest BCUT2D eigenvalue weighted by atomic mass is 10.2. The van der Waals surface area contributed by atoms with Crippen molar-refractivity contribution in [2.75, 3.05) is 11.9 Å². The van der Waals surface area contributed by atoms with Crippen molar-refractivity contribution in [3.8, 4) is 5.75 Å². The number of aromatic nitrogens is 1. The maximum Gasteiger partial charge on any atom is 0.573 e. The second-order valence-electron chi connectivity index (χ2n) is 4.57. The van der Waals surface area contributed by atoms with Crippen molar-refractivity contribution < 1.29 is 22.7 Å². The summed E-state index contributed by atoms with van der Waals surface area (Å²) in [5.74, 6) is -0.398. The highest BCUT2D eigenvalue weighted by Crippen LogP contribution is 2.24. The zero-order valence-corrected chi connectivity index (χ0v) is 11.9. The Morgan fingerprint density at radius 2 is 2.04 bits per heavy atom. The molecule has 0 aliphatic rings. The van der Waals surface area contributed by atoms with Gasteiger partial charge in [-0.25, -0.2) is 4.79 Å². The molecule has 0 aliphatic carbocycles. The van der Waals surface area contributed by atoms with E-state index < -0.39 is 18.1 Å². The zero-order valence-electron chi connectivity index (χ0n) is 11.9. The molecule has 8 heteroatoms. The third-order valence-corrected chi connectivity index (χ3v) is 2.75. The van der Waals surface area contributed by atoms with Crippen LogP contribution in [0.15, 0.2) is 48.8 Å². The minimum atomic E-state index is -4.77. The molecule has 2 N–H and O–H groups in total. The maximum atomic E-state index is 12.1. The van der Waals surface area contributed by atoms with Crippen LogP contribution < -0.4 is 15.4 Å². The molecule has 122 valence electrons. The quantitative estimate of drug-likeness (QED) is 0.886. The lowest BCUT2D eigenvalue weighted by molar-refractivity contribution is -0.274. The molecule has 1 aromatic carbocycles. The topological polar surface area (TPSA) is 63.2 Å². The number of hydrogen-bond acceptors (Lipinski definition) is 3. The van der Waals surface area contributed by atoms with Crippen LogP contribution in [-0.4, -0.2) is 23.9 Å². The third-order valence-electron chi connectivity index (χ3n) is 2.75. The first-order valence-corrected chi connectivity index (χ1v) is 6.72. The van der Waals surface area contributed by atoms with Crippen LogP contribution in [0, 0.1) is 0 Å². The number of nitrogens with zero attached hydrogens (tertiary/aromatic N) is 1. The third kappa shape index (κ3) is 6.25. The molecule has 0 unspecified atom stereocenters. The van der Waals surface area contributed by atoms with Gasteiger partial charge in [0.1, 0.15) is 5.75 Å². The molecule has 0 atom stereocenters. The summed E-state index contributed by atoms with van der Waals surface area (Å²) in [5, 5.41) is 5.05. The van der Waals surface area contributed by atoms with Crippen LogP contribution in [0.1, 0.15) is 5.56 Å². The van der Waals surface area contributed by atoms with Crippen molar-refractivity contribution in [3.63, 3.8) is 0 Å². The maximum absolute atomic E-state index is 12.1. The highest BCUT2D eigenvalue weighted by molar-refractivity contribution is 5.89. The minimum Gasteiger partial charge on any atom is -0.406 e. The van der Waals surface area contributed by atoms with Gasteiger partial charge >= 0.3 is 12.4 Å². The van der Waals surface area contributed by atoms with Crippen LogP contribution in [0.25, 0.3) is 0 Å². The van der Waals surface area contributed by atoms with E-state index in [1.165, 1.54) is 12.1 Å². The Morgan fingerprint density at radius 1 is 1.22 bits per heavy atom. The summed E-state index contributed by atoms with van der Waals surface area (Å²) >= 11 is 0. The predicted molar refractivity (Wildman–Crippen MR) is 78.1 cm³/mol. The molecule has 0 aliphatic heterocycles. The first-order chi connectivity index (χ1) is 10.9. The van der Waals surface area contributed by atoms with E-state index in [1.807, 2.05) is 6.07 Å². The van der Waals surface area contributed by atoms with E-state index in [9.17, 15) is 18.0 Å². The van der Waals surface area contributed by atoms with Crippen molar-refractivity contribution in [1.29, 1.82) is 0 Å². The minimum absolute atomic E-state index is 0.200. The number of rotatable bonds is 5. The summed E-state index contributed by atoms with van der Waals surface area (Å²) in [7, 11) is 0. The SMILES string of the molecule is O=C(NCCc1cccnc1)Nc1cccc(OC(F)(F)F)c1. The van der Waals surface area contributed by atoms with Gasteiger partial charge in [0.05, 0.1) is 0 Å². The molecule has 0 spiro atoms. The number of carbonyl (C=O) groups excluding carboxylic acids is 1. The Morgan fingerprint density at radius 3 is 2.74 bits per heavy atom. The van der Waals surface area contributed by atoms with E-state index in [0.29, 0.717) is 13.0 Å². The number of anilines is 1. The van der Waals surface area contributed by atoms with Crippen LogP contribution in [-0.2, 0) is 6.42 Å². The Balaban J connectivity index is 1.82. The van der Waals surface area contributed by atoms with Crippen LogP contribution in [0.5, 0.6) is 5.75 Å². The van der Waals surface area contributed by atoms with Crippen molar-refractivity contribution in [2.24, 2.45) is 0 Å². The molecular weight excluding hydrogens is 311 g/mol. The number of hydrogen-bond donors (Lipinski definition) is 2. The molecule has 0 saturated carbocycles. The molecule has 0 fully saturated rings. The van der Waals surface area contributed by atoms with Crippen LogP contribution >= 0.6 is 0 Å². The van der Waals surface area contributed by atoms with E-state index in [2.05, 4.69) is 20.4 Å². The van der Waals surface area contributed by atoms with Crippen molar-refractivity contribution >= 4 is 11.7 Å². The lowest BCUT2D eigenvalue weighted by Gasteiger charge is -2.11. The summed E-state index contributed by atoms with van der Waals surface area (Å²) in [5.41, 5.74) is 1.17. The summed E-state index contributed by atoms with van der Waals surface area (Å²) in [6.45, 7) is 0.371. The molecule has 0 bridgehead atoms. The lowest BCUT2D eigenvalue weighted by Crippen LogP contribution is -2.30. The van der Waals surface area contributed by atoms with Crippen LogP contribution in [0.4, 0.5) is 23.7 Å². The number of carbonyl (C=O) groups is 1. The standard InChI is InChI=1S/C15H14F3N3O2/c16-15(17,18)23-13-5-1-4-12(9-13)21-14(22)20-8-6-11-3-2-7-19-10-11/h1-5,7,9-10H,6,8H2,(H2,20,21,22). The molecule has 0 radical (unpaired) electrons. The van der Waals surface area contributed by atoms with Gasteiger partial charge in [-0.2, -0.15) is 0 Å². The van der Waals surface area contributed by atoms with Crippen LogP contribution in [0.3, 0.4) is 0 Å². The van der Waals surface area contributed by atoms with Gasteiger partial charge in [0.2, 0.25) is 0 Å². The fraction of sp³-hybridized carbons (Fsp3) is 0.200. The summed E-state index contributed by atoms with van der Waals surface area (Å²) in [4.78, 5) is 15.7. The number of urea groups is 1. The number of pyridine rings is 1. The highest BCUT2D eigenvalue weighted by Gasteiger charge is 2.31. The average molecular weight is 325 g/mol. The normalized spacial score (nSPS) is 10.9. The van der Waals surface area contributed by atoms with E-state index in [4.69, 9.17) is 0 Å². The second-order valence-corrected chi connectivity index (χ2v) is 4.57. The summed E-state index contributed by atoms with van der Waals surface area (Å²) in [6.07, 6.45) is -0.833. The van der Waals surface area contributed by atoms with Gasteiger partial charge in [-0.1, -0.05) is 12.1 Å². The number of nitrogens with one attached hydrogen (secondary N) is 2. The number of amides is 2. The Labute approximate surface area is 130 Å². The fourth-order valence-electron chi connectivity index (χ4n) is 1.81. The summed E-state index contributed by atoms with van der Waals surface area (Å²) in [6, 6.07) is 8.22. The van der Waals surface area contributed by atoms with E-state index >= 15 is 0 Å². The number of alkyl halides is 3. The molecule has 2 amide bonds. The Bertz CT molecular complexity index is 648. The van der Waals surface area contributed by atoms with E-state index in [1.54, 1.807) is 18.5 Å². The molecule has 0 saturated heterocycles. The van der Waals surface area contributed by atoms with Gasteiger partial charge < -0.3 is 15.4 Å². The smallest absolute Gasteiger partial charge is 0.406 e.